The second kappa shape index (κ2) is 6.76. The minimum atomic E-state index is -4.15. The number of fused-ring (bicyclic) bond motifs is 1. The summed E-state index contributed by atoms with van der Waals surface area (Å²) in [7, 11) is -2.77. The van der Waals surface area contributed by atoms with Gasteiger partial charge in [0.2, 0.25) is 0 Å². The van der Waals surface area contributed by atoms with Crippen LogP contribution in [-0.4, -0.2) is 26.3 Å². The van der Waals surface area contributed by atoms with Crippen LogP contribution in [0.3, 0.4) is 0 Å². The van der Waals surface area contributed by atoms with Crippen molar-refractivity contribution >= 4 is 26.8 Å². The summed E-state index contributed by atoms with van der Waals surface area (Å²) in [4.78, 5) is 15.7. The van der Waals surface area contributed by atoms with E-state index in [1.54, 1.807) is 18.3 Å². The quantitative estimate of drug-likeness (QED) is 0.504. The fraction of sp³-hybridized carbons (Fsp3) is 0.158. The summed E-state index contributed by atoms with van der Waals surface area (Å²) >= 11 is 0. The molecular formula is C19H17NO5S. The van der Waals surface area contributed by atoms with E-state index in [0.717, 1.165) is 5.56 Å². The third kappa shape index (κ3) is 3.39. The Kier molecular flexibility index (Phi) is 4.65. The molecule has 7 heteroatoms. The average Bonchev–Trinajstić information content (AvgIpc) is 2.60. The fourth-order valence-electron chi connectivity index (χ4n) is 2.56. The molecule has 1 heterocycles. The van der Waals surface area contributed by atoms with Crippen molar-refractivity contribution in [2.24, 2.45) is 0 Å². The lowest BCUT2D eigenvalue weighted by molar-refractivity contribution is 0.101. The number of rotatable bonds is 5. The molecule has 0 fully saturated rings. The number of ketones is 1. The first-order chi connectivity index (χ1) is 12.3. The molecule has 0 atom stereocenters. The number of pyridine rings is 1. The first-order valence-electron chi connectivity index (χ1n) is 7.80. The number of carbonyl (C=O) groups is 1. The molecule has 0 unspecified atom stereocenters. The third-order valence-corrected chi connectivity index (χ3v) is 5.12. The molecule has 1 aromatic heterocycles. The lowest BCUT2D eigenvalue weighted by Gasteiger charge is -2.12. The van der Waals surface area contributed by atoms with E-state index in [4.69, 9.17) is 8.92 Å². The van der Waals surface area contributed by atoms with E-state index in [2.05, 4.69) is 4.98 Å². The number of Topliss-reactive ketones (excluding diaryl/α,β-unsaturated/α-hetero) is 1. The first-order valence-corrected chi connectivity index (χ1v) is 9.21. The van der Waals surface area contributed by atoms with Crippen LogP contribution in [0.2, 0.25) is 0 Å². The van der Waals surface area contributed by atoms with E-state index in [1.807, 2.05) is 13.0 Å². The summed E-state index contributed by atoms with van der Waals surface area (Å²) in [6.45, 7) is 3.29. The Labute approximate surface area is 151 Å². The van der Waals surface area contributed by atoms with Crippen molar-refractivity contribution in [3.8, 4) is 11.5 Å². The lowest BCUT2D eigenvalue weighted by atomic mass is 10.1. The second-order valence-electron chi connectivity index (χ2n) is 5.80. The Balaban J connectivity index is 2.07. The van der Waals surface area contributed by atoms with Gasteiger partial charge in [0.05, 0.1) is 12.6 Å². The van der Waals surface area contributed by atoms with Crippen molar-refractivity contribution in [1.82, 2.24) is 4.98 Å². The van der Waals surface area contributed by atoms with E-state index in [1.165, 1.54) is 38.3 Å². The van der Waals surface area contributed by atoms with Crippen molar-refractivity contribution in [1.29, 1.82) is 0 Å². The van der Waals surface area contributed by atoms with E-state index < -0.39 is 10.1 Å². The second-order valence-corrected chi connectivity index (χ2v) is 7.31. The molecule has 2 aromatic carbocycles. The molecule has 0 N–H and O–H groups in total. The molecule has 0 saturated heterocycles. The van der Waals surface area contributed by atoms with Gasteiger partial charge in [-0.05, 0) is 49.7 Å². The molecule has 3 rings (SSSR count). The molecule has 0 aliphatic rings. The molecule has 6 nitrogen and oxygen atoms in total. The van der Waals surface area contributed by atoms with Gasteiger partial charge in [-0.2, -0.15) is 8.42 Å². The van der Waals surface area contributed by atoms with Crippen molar-refractivity contribution < 1.29 is 22.1 Å². The predicted molar refractivity (Wildman–Crippen MR) is 97.3 cm³/mol. The molecule has 3 aromatic rings. The van der Waals surface area contributed by atoms with Gasteiger partial charge in [0.25, 0.3) is 0 Å². The van der Waals surface area contributed by atoms with E-state index >= 15 is 0 Å². The van der Waals surface area contributed by atoms with Crippen LogP contribution in [0, 0.1) is 6.92 Å². The van der Waals surface area contributed by atoms with Crippen LogP contribution >= 0.6 is 0 Å². The third-order valence-electron chi connectivity index (χ3n) is 3.85. The maximum Gasteiger partial charge on any atom is 0.341 e. The van der Waals surface area contributed by atoms with Gasteiger partial charge in [0.15, 0.2) is 17.3 Å². The molecular weight excluding hydrogens is 354 g/mol. The maximum absolute atomic E-state index is 12.8. The Bertz CT molecular complexity index is 1110. The standard InChI is InChI=1S/C19H17NO5S/c1-12-9-15-5-4-6-18(19(15)20-11-12)26(22,23)25-16-8-7-14(13(2)21)10-17(16)24-3/h4-11H,1-3H3. The van der Waals surface area contributed by atoms with Crippen molar-refractivity contribution in [2.75, 3.05) is 7.11 Å². The Morgan fingerprint density at radius 1 is 1.08 bits per heavy atom. The van der Waals surface area contributed by atoms with Crippen LogP contribution in [0.25, 0.3) is 10.9 Å². The molecule has 0 bridgehead atoms. The number of para-hydroxylation sites is 1. The highest BCUT2D eigenvalue weighted by Gasteiger charge is 2.23. The molecule has 0 radical (unpaired) electrons. The molecule has 134 valence electrons. The van der Waals surface area contributed by atoms with Crippen molar-refractivity contribution in [3.05, 3.63) is 59.8 Å². The van der Waals surface area contributed by atoms with Crippen LogP contribution in [0.4, 0.5) is 0 Å². The number of methoxy groups -OCH3 is 1. The van der Waals surface area contributed by atoms with Gasteiger partial charge in [0.1, 0.15) is 4.90 Å². The highest BCUT2D eigenvalue weighted by atomic mass is 32.2. The van der Waals surface area contributed by atoms with Gasteiger partial charge in [-0.3, -0.25) is 9.78 Å². The van der Waals surface area contributed by atoms with Crippen LogP contribution in [0.1, 0.15) is 22.8 Å². The van der Waals surface area contributed by atoms with E-state index in [0.29, 0.717) is 16.5 Å². The number of nitrogens with zero attached hydrogens (tertiary/aromatic N) is 1. The Hall–Kier alpha value is -2.93. The summed E-state index contributed by atoms with van der Waals surface area (Å²) in [6, 6.07) is 11.0. The zero-order chi connectivity index (χ0) is 18.9. The van der Waals surface area contributed by atoms with Crippen LogP contribution < -0.4 is 8.92 Å². The number of aromatic nitrogens is 1. The molecule has 0 aliphatic carbocycles. The molecule has 0 aliphatic heterocycles. The number of hydrogen-bond acceptors (Lipinski definition) is 6. The van der Waals surface area contributed by atoms with Gasteiger partial charge >= 0.3 is 10.1 Å². The molecule has 0 spiro atoms. The summed E-state index contributed by atoms with van der Waals surface area (Å²) in [5, 5.41) is 0.702. The van der Waals surface area contributed by atoms with Gasteiger partial charge in [-0.15, -0.1) is 0 Å². The zero-order valence-corrected chi connectivity index (χ0v) is 15.3. The van der Waals surface area contributed by atoms with Crippen molar-refractivity contribution in [2.45, 2.75) is 18.7 Å². The number of hydrogen-bond donors (Lipinski definition) is 0. The summed E-state index contributed by atoms with van der Waals surface area (Å²) in [6.07, 6.45) is 1.60. The Morgan fingerprint density at radius 3 is 2.54 bits per heavy atom. The van der Waals surface area contributed by atoms with E-state index in [-0.39, 0.29) is 22.2 Å². The minimum Gasteiger partial charge on any atom is -0.493 e. The number of aryl methyl sites for hydroxylation is 1. The zero-order valence-electron chi connectivity index (χ0n) is 14.5. The van der Waals surface area contributed by atoms with E-state index in [9.17, 15) is 13.2 Å². The van der Waals surface area contributed by atoms with Crippen LogP contribution in [-0.2, 0) is 10.1 Å². The lowest BCUT2D eigenvalue weighted by Crippen LogP contribution is -2.11. The summed E-state index contributed by atoms with van der Waals surface area (Å²) in [5.74, 6) is -0.00161. The Morgan fingerprint density at radius 2 is 1.85 bits per heavy atom. The molecule has 0 saturated carbocycles. The van der Waals surface area contributed by atoms with Gasteiger partial charge in [-0.25, -0.2) is 0 Å². The minimum absolute atomic E-state index is 0.00150. The summed E-state index contributed by atoms with van der Waals surface area (Å²) < 4.78 is 36.0. The average molecular weight is 371 g/mol. The monoisotopic (exact) mass is 371 g/mol. The fourth-order valence-corrected chi connectivity index (χ4v) is 3.68. The van der Waals surface area contributed by atoms with Gasteiger partial charge < -0.3 is 8.92 Å². The SMILES string of the molecule is COc1cc(C(C)=O)ccc1OS(=O)(=O)c1cccc2cc(C)cnc12. The highest BCUT2D eigenvalue weighted by molar-refractivity contribution is 7.87. The van der Waals surface area contributed by atoms with Crippen LogP contribution in [0.15, 0.2) is 53.6 Å². The highest BCUT2D eigenvalue weighted by Crippen LogP contribution is 2.32. The topological polar surface area (TPSA) is 82.6 Å². The van der Waals surface area contributed by atoms with Gasteiger partial charge in [-0.1, -0.05) is 12.1 Å². The summed E-state index contributed by atoms with van der Waals surface area (Å²) in [5.41, 5.74) is 1.65. The van der Waals surface area contributed by atoms with Crippen molar-refractivity contribution in [3.63, 3.8) is 0 Å². The largest absolute Gasteiger partial charge is 0.493 e. The smallest absolute Gasteiger partial charge is 0.341 e. The molecule has 0 amide bonds. The number of carbonyl (C=O) groups excluding carboxylic acids is 1. The molecule has 26 heavy (non-hydrogen) atoms. The van der Waals surface area contributed by atoms with Crippen LogP contribution in [0.5, 0.6) is 11.5 Å². The predicted octanol–water partition coefficient (Wildman–Crippen LogP) is 3.52. The normalized spacial score (nSPS) is 11.3. The number of ether oxygens (including phenoxy) is 1. The number of benzene rings is 2. The van der Waals surface area contributed by atoms with Gasteiger partial charge in [0, 0.05) is 17.1 Å². The first kappa shape index (κ1) is 17.9. The maximum atomic E-state index is 12.8.